The molecule has 0 unspecified atom stereocenters. The minimum absolute atomic E-state index is 0.0830. The molecular weight excluding hydrogens is 499 g/mol. The summed E-state index contributed by atoms with van der Waals surface area (Å²) in [4.78, 5) is 69.3. The first-order valence-electron chi connectivity index (χ1n) is 11.8. The standard InChI is InChI=1S/C26H19FN4O7/c1-2-26(38-20(32)11-30-10-17(27)22(33)29-25(30)36)16-8-19-21-14(7-13-5-3-4-6-18(13)28-21)9-31(19)23(34)15(16)12-37-24(26)35/h3-8,10H,2,9,11-12H2,1H3,(H,29,33,36)/t26-/m0/s1. The summed E-state index contributed by atoms with van der Waals surface area (Å²) in [7, 11) is 0. The summed E-state index contributed by atoms with van der Waals surface area (Å²) >= 11 is 0. The maximum Gasteiger partial charge on any atom is 0.355 e. The molecule has 0 fully saturated rings. The smallest absolute Gasteiger partial charge is 0.355 e. The van der Waals surface area contributed by atoms with E-state index in [-0.39, 0.29) is 30.7 Å². The van der Waals surface area contributed by atoms with Gasteiger partial charge in [-0.15, -0.1) is 0 Å². The molecule has 6 rings (SSSR count). The molecule has 0 saturated heterocycles. The van der Waals surface area contributed by atoms with Gasteiger partial charge in [-0.05, 0) is 24.6 Å². The lowest BCUT2D eigenvalue weighted by Crippen LogP contribution is -2.48. The zero-order valence-electron chi connectivity index (χ0n) is 19.9. The molecule has 12 heteroatoms. The van der Waals surface area contributed by atoms with E-state index in [1.807, 2.05) is 30.3 Å². The molecule has 1 atom stereocenters. The Kier molecular flexibility index (Phi) is 5.16. The van der Waals surface area contributed by atoms with E-state index >= 15 is 0 Å². The van der Waals surface area contributed by atoms with Gasteiger partial charge in [0.15, 0.2) is 0 Å². The van der Waals surface area contributed by atoms with Gasteiger partial charge in [0.25, 0.3) is 11.1 Å². The molecule has 0 amide bonds. The summed E-state index contributed by atoms with van der Waals surface area (Å²) < 4.78 is 26.7. The topological polar surface area (TPSA) is 142 Å². The van der Waals surface area contributed by atoms with E-state index < -0.39 is 46.7 Å². The van der Waals surface area contributed by atoms with Gasteiger partial charge in [-0.2, -0.15) is 4.39 Å². The van der Waals surface area contributed by atoms with Crippen molar-refractivity contribution in [2.24, 2.45) is 0 Å². The molecule has 38 heavy (non-hydrogen) atoms. The maximum absolute atomic E-state index is 13.7. The highest BCUT2D eigenvalue weighted by molar-refractivity contribution is 5.88. The molecule has 1 aromatic carbocycles. The minimum atomic E-state index is -1.98. The highest BCUT2D eigenvalue weighted by Gasteiger charge is 2.50. The van der Waals surface area contributed by atoms with Crippen molar-refractivity contribution in [1.82, 2.24) is 19.1 Å². The van der Waals surface area contributed by atoms with E-state index in [0.29, 0.717) is 22.2 Å². The molecule has 4 aromatic rings. The Labute approximate surface area is 212 Å². The lowest BCUT2D eigenvalue weighted by molar-refractivity contribution is -0.190. The monoisotopic (exact) mass is 518 g/mol. The highest BCUT2D eigenvalue weighted by atomic mass is 19.1. The van der Waals surface area contributed by atoms with Crippen LogP contribution >= 0.6 is 0 Å². The van der Waals surface area contributed by atoms with Crippen LogP contribution in [0.3, 0.4) is 0 Å². The summed E-state index contributed by atoms with van der Waals surface area (Å²) in [5, 5.41) is 0.918. The number of nitrogens with one attached hydrogen (secondary N) is 1. The van der Waals surface area contributed by atoms with Gasteiger partial charge in [0.2, 0.25) is 11.4 Å². The maximum atomic E-state index is 13.7. The number of cyclic esters (lactones) is 1. The first-order chi connectivity index (χ1) is 18.2. The Balaban J connectivity index is 1.45. The van der Waals surface area contributed by atoms with E-state index in [0.717, 1.165) is 16.5 Å². The number of para-hydroxylation sites is 1. The predicted octanol–water partition coefficient (Wildman–Crippen LogP) is 1.32. The van der Waals surface area contributed by atoms with Gasteiger partial charge >= 0.3 is 17.6 Å². The largest absolute Gasteiger partial charge is 0.457 e. The van der Waals surface area contributed by atoms with Crippen LogP contribution in [0.25, 0.3) is 22.3 Å². The van der Waals surface area contributed by atoms with E-state index in [2.05, 4.69) is 0 Å². The fourth-order valence-electron chi connectivity index (χ4n) is 5.05. The number of fused-ring (bicyclic) bond motifs is 5. The second-order valence-corrected chi connectivity index (χ2v) is 9.10. The second-order valence-electron chi connectivity index (χ2n) is 9.10. The Bertz CT molecular complexity index is 1870. The van der Waals surface area contributed by atoms with Crippen molar-refractivity contribution in [2.75, 3.05) is 0 Å². The number of aromatic amines is 1. The van der Waals surface area contributed by atoms with Crippen LogP contribution in [-0.4, -0.2) is 31.0 Å². The minimum Gasteiger partial charge on any atom is -0.457 e. The summed E-state index contributed by atoms with van der Waals surface area (Å²) in [5.74, 6) is -3.22. The third kappa shape index (κ3) is 3.40. The molecule has 1 N–H and O–H groups in total. The number of aromatic nitrogens is 4. The Hall–Kier alpha value is -4.87. The second kappa shape index (κ2) is 8.33. The number of rotatable bonds is 4. The lowest BCUT2D eigenvalue weighted by atomic mass is 9.85. The number of halogens is 1. The molecule has 3 aromatic heterocycles. The van der Waals surface area contributed by atoms with Crippen LogP contribution in [0.4, 0.5) is 4.39 Å². The molecule has 0 radical (unpaired) electrons. The quantitative estimate of drug-likeness (QED) is 0.351. The fourth-order valence-corrected chi connectivity index (χ4v) is 5.05. The summed E-state index contributed by atoms with van der Waals surface area (Å²) in [5.41, 5.74) is -1.71. The van der Waals surface area contributed by atoms with Gasteiger partial charge in [-0.3, -0.25) is 23.9 Å². The van der Waals surface area contributed by atoms with Gasteiger partial charge in [-0.25, -0.2) is 14.6 Å². The third-order valence-electron chi connectivity index (χ3n) is 6.94. The van der Waals surface area contributed by atoms with Crippen LogP contribution in [-0.2, 0) is 44.4 Å². The lowest BCUT2D eigenvalue weighted by Gasteiger charge is -2.35. The van der Waals surface area contributed by atoms with Crippen molar-refractivity contribution >= 4 is 22.8 Å². The number of H-pyrrole nitrogens is 1. The zero-order valence-corrected chi connectivity index (χ0v) is 19.9. The first kappa shape index (κ1) is 23.5. The van der Waals surface area contributed by atoms with Crippen LogP contribution in [0.15, 0.2) is 57.0 Å². The normalized spacial score (nSPS) is 17.5. The molecule has 0 bridgehead atoms. The van der Waals surface area contributed by atoms with Gasteiger partial charge in [0, 0.05) is 16.5 Å². The third-order valence-corrected chi connectivity index (χ3v) is 6.94. The SMILES string of the molecule is CC[C@@]1(OC(=O)Cn2cc(F)c(=O)[nH]c2=O)C(=O)OCc2c1cc1n(c2=O)Cc2cc3ccccc3nc2-1. The predicted molar refractivity (Wildman–Crippen MR) is 130 cm³/mol. The van der Waals surface area contributed by atoms with Gasteiger partial charge < -0.3 is 14.0 Å². The molecule has 11 nitrogen and oxygen atoms in total. The average molecular weight is 518 g/mol. The van der Waals surface area contributed by atoms with E-state index in [4.69, 9.17) is 14.5 Å². The number of benzene rings is 1. The number of nitrogens with zero attached hydrogens (tertiary/aromatic N) is 3. The van der Waals surface area contributed by atoms with Crippen molar-refractivity contribution < 1.29 is 23.5 Å². The van der Waals surface area contributed by atoms with Crippen LogP contribution in [0.5, 0.6) is 0 Å². The number of esters is 2. The molecule has 2 aliphatic heterocycles. The number of carbonyl (C=O) groups excluding carboxylic acids is 2. The number of ether oxygens (including phenoxy) is 2. The highest BCUT2D eigenvalue weighted by Crippen LogP contribution is 2.41. The van der Waals surface area contributed by atoms with Crippen molar-refractivity contribution in [3.05, 3.63) is 96.3 Å². The molecule has 2 aliphatic rings. The average Bonchev–Trinajstić information content (AvgIpc) is 3.25. The number of pyridine rings is 2. The summed E-state index contributed by atoms with van der Waals surface area (Å²) in [6, 6.07) is 11.1. The Morgan fingerprint density at radius 2 is 2.00 bits per heavy atom. The first-order valence-corrected chi connectivity index (χ1v) is 11.8. The Morgan fingerprint density at radius 1 is 1.21 bits per heavy atom. The van der Waals surface area contributed by atoms with Gasteiger partial charge in [-0.1, -0.05) is 25.1 Å². The molecule has 0 aliphatic carbocycles. The fraction of sp³-hybridized carbons (Fsp3) is 0.231. The molecular formula is C26H19FN4O7. The number of carbonyl (C=O) groups is 2. The van der Waals surface area contributed by atoms with Crippen LogP contribution in [0, 0.1) is 5.82 Å². The molecule has 0 spiro atoms. The van der Waals surface area contributed by atoms with Crippen LogP contribution in [0.2, 0.25) is 0 Å². The molecule has 192 valence electrons. The van der Waals surface area contributed by atoms with Crippen molar-refractivity contribution in [3.63, 3.8) is 0 Å². The van der Waals surface area contributed by atoms with Crippen molar-refractivity contribution in [3.8, 4) is 11.4 Å². The molecule has 0 saturated carbocycles. The van der Waals surface area contributed by atoms with Crippen LogP contribution < -0.4 is 16.8 Å². The van der Waals surface area contributed by atoms with Crippen LogP contribution in [0.1, 0.15) is 30.0 Å². The number of hydrogen-bond donors (Lipinski definition) is 1. The van der Waals surface area contributed by atoms with E-state index in [1.165, 1.54) is 0 Å². The van der Waals surface area contributed by atoms with Gasteiger partial charge in [0.1, 0.15) is 13.2 Å². The zero-order chi connectivity index (χ0) is 26.8. The number of hydrogen-bond acceptors (Lipinski definition) is 8. The molecule has 5 heterocycles. The van der Waals surface area contributed by atoms with Crippen molar-refractivity contribution in [1.29, 1.82) is 0 Å². The Morgan fingerprint density at radius 3 is 2.79 bits per heavy atom. The summed E-state index contributed by atoms with van der Waals surface area (Å²) in [6.45, 7) is 0.766. The van der Waals surface area contributed by atoms with Gasteiger partial charge in [0.05, 0.1) is 35.2 Å². The van der Waals surface area contributed by atoms with Crippen molar-refractivity contribution in [2.45, 2.75) is 38.6 Å². The summed E-state index contributed by atoms with van der Waals surface area (Å²) in [6.07, 6.45) is 0.487. The van der Waals surface area contributed by atoms with E-state index in [9.17, 15) is 28.4 Å². The van der Waals surface area contributed by atoms with E-state index in [1.54, 1.807) is 22.5 Å².